The van der Waals surface area contributed by atoms with Gasteiger partial charge in [0.15, 0.2) is 6.29 Å². The van der Waals surface area contributed by atoms with Gasteiger partial charge in [0.1, 0.15) is 5.65 Å². The van der Waals surface area contributed by atoms with Crippen LogP contribution in [-0.4, -0.2) is 39.7 Å². The lowest BCUT2D eigenvalue weighted by Gasteiger charge is -2.19. The summed E-state index contributed by atoms with van der Waals surface area (Å²) in [7, 11) is 0. The number of carbonyl (C=O) groups excluding carboxylic acids is 1. The summed E-state index contributed by atoms with van der Waals surface area (Å²) in [5.41, 5.74) is 2.74. The maximum Gasteiger partial charge on any atom is 0.151 e. The fraction of sp³-hybridized carbons (Fsp3) is 0.500. The molecule has 3 rings (SSSR count). The Hall–Kier alpha value is -1.68. The molecule has 0 aromatic carbocycles. The van der Waals surface area contributed by atoms with Crippen LogP contribution < -0.4 is 0 Å². The molecule has 106 valence electrons. The number of hydrogen-bond donors (Lipinski definition) is 0. The molecule has 1 aliphatic rings. The summed E-state index contributed by atoms with van der Waals surface area (Å²) in [6, 6.07) is 4.36. The van der Waals surface area contributed by atoms with E-state index in [0.717, 1.165) is 24.0 Å². The van der Waals surface area contributed by atoms with E-state index in [-0.39, 0.29) is 0 Å². The zero-order valence-electron chi connectivity index (χ0n) is 12.1. The Morgan fingerprint density at radius 2 is 2.25 bits per heavy atom. The number of rotatable bonds is 4. The van der Waals surface area contributed by atoms with Crippen molar-refractivity contribution >= 4 is 11.9 Å². The second-order valence-corrected chi connectivity index (χ2v) is 6.03. The average molecular weight is 271 g/mol. The molecule has 2 aromatic rings. The molecule has 1 atom stereocenters. The number of pyridine rings is 1. The van der Waals surface area contributed by atoms with E-state index < -0.39 is 0 Å². The summed E-state index contributed by atoms with van der Waals surface area (Å²) in [5, 5.41) is 0. The average Bonchev–Trinajstić information content (AvgIpc) is 3.04. The Balaban J connectivity index is 1.73. The zero-order valence-corrected chi connectivity index (χ0v) is 12.1. The van der Waals surface area contributed by atoms with E-state index in [1.807, 2.05) is 22.7 Å². The summed E-state index contributed by atoms with van der Waals surface area (Å²) in [6.45, 7) is 6.89. The van der Waals surface area contributed by atoms with Gasteiger partial charge in [-0.05, 0) is 51.3 Å². The summed E-state index contributed by atoms with van der Waals surface area (Å²) in [5.74, 6) is 0.702. The number of likely N-dealkylation sites (tertiary alicyclic amines) is 1. The molecule has 0 bridgehead atoms. The second kappa shape index (κ2) is 5.37. The number of aromatic nitrogens is 2. The minimum Gasteiger partial charge on any atom is -0.306 e. The summed E-state index contributed by atoms with van der Waals surface area (Å²) in [6.07, 6.45) is 7.05. The molecular weight excluding hydrogens is 250 g/mol. The molecule has 0 radical (unpaired) electrons. The molecule has 0 spiro atoms. The van der Waals surface area contributed by atoms with E-state index in [9.17, 15) is 4.79 Å². The fourth-order valence-electron chi connectivity index (χ4n) is 3.02. The Morgan fingerprint density at radius 1 is 1.40 bits per heavy atom. The Labute approximate surface area is 119 Å². The predicted molar refractivity (Wildman–Crippen MR) is 79.1 cm³/mol. The number of carbonyl (C=O) groups is 1. The smallest absolute Gasteiger partial charge is 0.151 e. The Bertz CT molecular complexity index is 617. The lowest BCUT2D eigenvalue weighted by molar-refractivity contribution is 0.112. The minimum absolute atomic E-state index is 0.635. The number of hydrogen-bond acceptors (Lipinski definition) is 3. The maximum absolute atomic E-state index is 10.8. The molecule has 20 heavy (non-hydrogen) atoms. The molecule has 1 unspecified atom stereocenters. The monoisotopic (exact) mass is 271 g/mol. The normalized spacial score (nSPS) is 20.1. The highest BCUT2D eigenvalue weighted by atomic mass is 16.1. The molecule has 1 saturated heterocycles. The molecule has 4 nitrogen and oxygen atoms in total. The Kier molecular flexibility index (Phi) is 3.57. The van der Waals surface area contributed by atoms with E-state index in [1.54, 1.807) is 0 Å². The largest absolute Gasteiger partial charge is 0.306 e. The van der Waals surface area contributed by atoms with Gasteiger partial charge >= 0.3 is 0 Å². The molecular formula is C16H21N3O. The highest BCUT2D eigenvalue weighted by Crippen LogP contribution is 2.22. The van der Waals surface area contributed by atoms with Crippen molar-refractivity contribution < 1.29 is 4.79 Å². The van der Waals surface area contributed by atoms with Crippen LogP contribution in [0.5, 0.6) is 0 Å². The van der Waals surface area contributed by atoms with Crippen LogP contribution in [0, 0.1) is 5.92 Å². The quantitative estimate of drug-likeness (QED) is 0.801. The molecule has 0 saturated carbocycles. The number of nitrogens with zero attached hydrogens (tertiary/aromatic N) is 3. The zero-order chi connectivity index (χ0) is 14.1. The number of fused-ring (bicyclic) bond motifs is 1. The van der Waals surface area contributed by atoms with Gasteiger partial charge in [-0.25, -0.2) is 4.98 Å². The Morgan fingerprint density at radius 3 is 2.95 bits per heavy atom. The van der Waals surface area contributed by atoms with E-state index in [4.69, 9.17) is 0 Å². The standard InChI is InChI=1S/C16H21N3O/c1-12(2)18-6-5-13(8-18)7-15-10-19-9-14(11-20)3-4-16(19)17-15/h3-4,9-13H,5-8H2,1-2H3. The first-order valence-electron chi connectivity index (χ1n) is 7.32. The SMILES string of the molecule is CC(C)N1CCC(Cc2cn3cc(C=O)ccc3n2)C1. The van der Waals surface area contributed by atoms with Crippen molar-refractivity contribution in [2.24, 2.45) is 5.92 Å². The van der Waals surface area contributed by atoms with Crippen molar-refractivity contribution in [3.8, 4) is 0 Å². The van der Waals surface area contributed by atoms with Crippen LogP contribution in [-0.2, 0) is 6.42 Å². The lowest BCUT2D eigenvalue weighted by Crippen LogP contribution is -2.28. The van der Waals surface area contributed by atoms with Gasteiger partial charge in [-0.1, -0.05) is 0 Å². The van der Waals surface area contributed by atoms with E-state index in [1.165, 1.54) is 19.5 Å². The fourth-order valence-corrected chi connectivity index (χ4v) is 3.02. The van der Waals surface area contributed by atoms with Crippen molar-refractivity contribution in [1.29, 1.82) is 0 Å². The van der Waals surface area contributed by atoms with Gasteiger partial charge in [-0.15, -0.1) is 0 Å². The van der Waals surface area contributed by atoms with E-state index >= 15 is 0 Å². The van der Waals surface area contributed by atoms with Gasteiger partial charge in [0, 0.05) is 30.5 Å². The van der Waals surface area contributed by atoms with Gasteiger partial charge in [0.25, 0.3) is 0 Å². The highest BCUT2D eigenvalue weighted by Gasteiger charge is 2.24. The molecule has 2 aromatic heterocycles. The summed E-state index contributed by atoms with van der Waals surface area (Å²) >= 11 is 0. The summed E-state index contributed by atoms with van der Waals surface area (Å²) < 4.78 is 1.95. The third-order valence-electron chi connectivity index (χ3n) is 4.21. The second-order valence-electron chi connectivity index (χ2n) is 6.03. The van der Waals surface area contributed by atoms with Crippen molar-refractivity contribution in [1.82, 2.24) is 14.3 Å². The molecule has 0 amide bonds. The first-order valence-corrected chi connectivity index (χ1v) is 7.32. The number of aldehydes is 1. The van der Waals surface area contributed by atoms with Crippen LogP contribution in [0.4, 0.5) is 0 Å². The molecule has 0 N–H and O–H groups in total. The molecule has 0 aliphatic carbocycles. The van der Waals surface area contributed by atoms with Crippen LogP contribution in [0.15, 0.2) is 24.5 Å². The molecule has 1 aliphatic heterocycles. The van der Waals surface area contributed by atoms with Crippen LogP contribution in [0.3, 0.4) is 0 Å². The van der Waals surface area contributed by atoms with Crippen molar-refractivity contribution in [3.63, 3.8) is 0 Å². The van der Waals surface area contributed by atoms with Crippen molar-refractivity contribution in [3.05, 3.63) is 35.8 Å². The van der Waals surface area contributed by atoms with Gasteiger partial charge < -0.3 is 9.30 Å². The first-order chi connectivity index (χ1) is 9.65. The predicted octanol–water partition coefficient (Wildman–Crippen LogP) is 2.42. The van der Waals surface area contributed by atoms with Gasteiger partial charge in [-0.2, -0.15) is 0 Å². The van der Waals surface area contributed by atoms with Crippen molar-refractivity contribution in [2.75, 3.05) is 13.1 Å². The number of imidazole rings is 1. The summed E-state index contributed by atoms with van der Waals surface area (Å²) in [4.78, 5) is 18.0. The minimum atomic E-state index is 0.635. The van der Waals surface area contributed by atoms with Crippen LogP contribution in [0.2, 0.25) is 0 Å². The lowest BCUT2D eigenvalue weighted by atomic mass is 10.0. The van der Waals surface area contributed by atoms with Crippen LogP contribution in [0.1, 0.15) is 36.3 Å². The molecule has 3 heterocycles. The van der Waals surface area contributed by atoms with Crippen LogP contribution in [0.25, 0.3) is 5.65 Å². The van der Waals surface area contributed by atoms with Crippen molar-refractivity contribution in [2.45, 2.75) is 32.7 Å². The molecule has 1 fully saturated rings. The maximum atomic E-state index is 10.8. The van der Waals surface area contributed by atoms with E-state index in [2.05, 4.69) is 29.9 Å². The van der Waals surface area contributed by atoms with E-state index in [0.29, 0.717) is 17.5 Å². The van der Waals surface area contributed by atoms with Gasteiger partial charge in [0.2, 0.25) is 0 Å². The van der Waals surface area contributed by atoms with Gasteiger partial charge in [0.05, 0.1) is 5.69 Å². The third kappa shape index (κ3) is 2.61. The molecule has 4 heteroatoms. The van der Waals surface area contributed by atoms with Crippen LogP contribution >= 0.6 is 0 Å². The first kappa shape index (κ1) is 13.3. The highest BCUT2D eigenvalue weighted by molar-refractivity contribution is 5.74. The van der Waals surface area contributed by atoms with Gasteiger partial charge in [-0.3, -0.25) is 4.79 Å². The third-order valence-corrected chi connectivity index (χ3v) is 4.21. The topological polar surface area (TPSA) is 37.6 Å².